The summed E-state index contributed by atoms with van der Waals surface area (Å²) in [4.78, 5) is 11.3. The average molecular weight is 241 g/mol. The molecule has 0 saturated heterocycles. The van der Waals surface area contributed by atoms with Crippen molar-refractivity contribution in [2.75, 3.05) is 6.61 Å². The van der Waals surface area contributed by atoms with Crippen LogP contribution in [0.1, 0.15) is 59.8 Å². The zero-order chi connectivity index (χ0) is 13.3. The summed E-state index contributed by atoms with van der Waals surface area (Å²) in [7, 11) is 0. The quantitative estimate of drug-likeness (QED) is 0.403. The van der Waals surface area contributed by atoms with E-state index in [1.807, 2.05) is 6.92 Å². The maximum absolute atomic E-state index is 11.3. The van der Waals surface area contributed by atoms with E-state index in [0.29, 0.717) is 12.2 Å². The third kappa shape index (κ3) is 10.1. The summed E-state index contributed by atoms with van der Waals surface area (Å²) in [6.07, 6.45) is 7.15. The molecule has 0 heterocycles. The van der Waals surface area contributed by atoms with E-state index in [0.717, 1.165) is 32.1 Å². The normalized spacial score (nSPS) is 12.6. The number of carbonyl (C=O) groups is 1. The topological polar surface area (TPSA) is 52.3 Å². The minimum Gasteiger partial charge on any atom is -0.462 e. The lowest BCUT2D eigenvalue weighted by Gasteiger charge is -2.17. The SMILES string of the molecule is CC=C(C)C(=O)OCCCCCCC(C)(C)N. The Bertz CT molecular complexity index is 251. The fourth-order valence-corrected chi connectivity index (χ4v) is 1.43. The second kappa shape index (κ2) is 8.29. The Hall–Kier alpha value is -0.830. The number of carbonyl (C=O) groups excluding carboxylic acids is 1. The van der Waals surface area contributed by atoms with Gasteiger partial charge in [0.2, 0.25) is 0 Å². The van der Waals surface area contributed by atoms with Crippen molar-refractivity contribution in [3.8, 4) is 0 Å². The number of esters is 1. The Balaban J connectivity index is 3.39. The van der Waals surface area contributed by atoms with Crippen molar-refractivity contribution in [1.82, 2.24) is 0 Å². The highest BCUT2D eigenvalue weighted by molar-refractivity contribution is 5.87. The van der Waals surface area contributed by atoms with Gasteiger partial charge in [-0.05, 0) is 40.5 Å². The number of unbranched alkanes of at least 4 members (excludes halogenated alkanes) is 3. The number of nitrogens with two attached hydrogens (primary N) is 1. The van der Waals surface area contributed by atoms with Gasteiger partial charge < -0.3 is 10.5 Å². The van der Waals surface area contributed by atoms with Crippen LogP contribution in [0.5, 0.6) is 0 Å². The molecule has 0 rings (SSSR count). The van der Waals surface area contributed by atoms with Crippen molar-refractivity contribution in [3.05, 3.63) is 11.6 Å². The average Bonchev–Trinajstić information content (AvgIpc) is 2.24. The predicted molar refractivity (Wildman–Crippen MR) is 71.7 cm³/mol. The molecule has 0 aromatic heterocycles. The summed E-state index contributed by atoms with van der Waals surface area (Å²) < 4.78 is 5.11. The third-order valence-corrected chi connectivity index (χ3v) is 2.70. The van der Waals surface area contributed by atoms with Crippen molar-refractivity contribution >= 4 is 5.97 Å². The van der Waals surface area contributed by atoms with Gasteiger partial charge in [-0.2, -0.15) is 0 Å². The molecule has 0 saturated carbocycles. The first-order valence-corrected chi connectivity index (χ1v) is 6.46. The number of ether oxygens (including phenoxy) is 1. The van der Waals surface area contributed by atoms with E-state index < -0.39 is 0 Å². The molecular formula is C14H27NO2. The molecular weight excluding hydrogens is 214 g/mol. The first-order valence-electron chi connectivity index (χ1n) is 6.46. The van der Waals surface area contributed by atoms with Crippen LogP contribution in [0.25, 0.3) is 0 Å². The molecule has 0 atom stereocenters. The first kappa shape index (κ1) is 16.2. The lowest BCUT2D eigenvalue weighted by atomic mass is 9.98. The van der Waals surface area contributed by atoms with Crippen molar-refractivity contribution in [3.63, 3.8) is 0 Å². The Morgan fingerprint density at radius 2 is 1.82 bits per heavy atom. The maximum atomic E-state index is 11.3. The van der Waals surface area contributed by atoms with Crippen LogP contribution in [0.4, 0.5) is 0 Å². The van der Waals surface area contributed by atoms with Gasteiger partial charge in [0.25, 0.3) is 0 Å². The molecule has 0 aliphatic rings. The van der Waals surface area contributed by atoms with Crippen molar-refractivity contribution < 1.29 is 9.53 Å². The molecule has 0 unspecified atom stereocenters. The Labute approximate surface area is 105 Å². The minimum atomic E-state index is -0.199. The van der Waals surface area contributed by atoms with E-state index in [-0.39, 0.29) is 11.5 Å². The van der Waals surface area contributed by atoms with Crippen LogP contribution in [-0.4, -0.2) is 18.1 Å². The van der Waals surface area contributed by atoms with Crippen molar-refractivity contribution in [2.45, 2.75) is 65.3 Å². The second-order valence-electron chi connectivity index (χ2n) is 5.26. The zero-order valence-corrected chi connectivity index (χ0v) is 11.7. The van der Waals surface area contributed by atoms with Crippen molar-refractivity contribution in [2.24, 2.45) is 5.73 Å². The fraction of sp³-hybridized carbons (Fsp3) is 0.786. The van der Waals surface area contributed by atoms with Gasteiger partial charge in [-0.15, -0.1) is 0 Å². The van der Waals surface area contributed by atoms with Crippen LogP contribution in [0.2, 0.25) is 0 Å². The van der Waals surface area contributed by atoms with E-state index in [1.165, 1.54) is 0 Å². The molecule has 0 aromatic carbocycles. The highest BCUT2D eigenvalue weighted by atomic mass is 16.5. The van der Waals surface area contributed by atoms with Gasteiger partial charge in [0.15, 0.2) is 0 Å². The summed E-state index contributed by atoms with van der Waals surface area (Å²) in [6.45, 7) is 8.23. The molecule has 2 N–H and O–H groups in total. The molecule has 0 bridgehead atoms. The highest BCUT2D eigenvalue weighted by Crippen LogP contribution is 2.11. The molecule has 17 heavy (non-hydrogen) atoms. The molecule has 3 heteroatoms. The molecule has 0 spiro atoms. The molecule has 0 aliphatic carbocycles. The van der Waals surface area contributed by atoms with Gasteiger partial charge in [-0.3, -0.25) is 0 Å². The Morgan fingerprint density at radius 3 is 2.35 bits per heavy atom. The molecule has 100 valence electrons. The van der Waals surface area contributed by atoms with Crippen LogP contribution >= 0.6 is 0 Å². The predicted octanol–water partition coefficient (Wildman–Crippen LogP) is 3.18. The highest BCUT2D eigenvalue weighted by Gasteiger charge is 2.09. The monoisotopic (exact) mass is 241 g/mol. The molecule has 3 nitrogen and oxygen atoms in total. The Morgan fingerprint density at radius 1 is 1.24 bits per heavy atom. The smallest absolute Gasteiger partial charge is 0.333 e. The number of hydrogen-bond acceptors (Lipinski definition) is 3. The van der Waals surface area contributed by atoms with Gasteiger partial charge in [0, 0.05) is 11.1 Å². The fourth-order valence-electron chi connectivity index (χ4n) is 1.43. The lowest BCUT2D eigenvalue weighted by molar-refractivity contribution is -0.139. The minimum absolute atomic E-state index is 0.0600. The Kier molecular flexibility index (Phi) is 7.88. The molecule has 0 amide bonds. The third-order valence-electron chi connectivity index (χ3n) is 2.70. The van der Waals surface area contributed by atoms with Crippen LogP contribution in [0.15, 0.2) is 11.6 Å². The maximum Gasteiger partial charge on any atom is 0.333 e. The first-order chi connectivity index (χ1) is 7.87. The number of hydrogen-bond donors (Lipinski definition) is 1. The van der Waals surface area contributed by atoms with E-state index in [4.69, 9.17) is 10.5 Å². The molecule has 0 radical (unpaired) electrons. The summed E-state index contributed by atoms with van der Waals surface area (Å²) in [6, 6.07) is 0. The second-order valence-corrected chi connectivity index (χ2v) is 5.26. The van der Waals surface area contributed by atoms with Gasteiger partial charge in [0.1, 0.15) is 0 Å². The summed E-state index contributed by atoms with van der Waals surface area (Å²) >= 11 is 0. The lowest BCUT2D eigenvalue weighted by Crippen LogP contribution is -2.31. The van der Waals surface area contributed by atoms with Gasteiger partial charge in [-0.25, -0.2) is 4.79 Å². The van der Waals surface area contributed by atoms with Gasteiger partial charge >= 0.3 is 5.97 Å². The molecule has 0 fully saturated rings. The van der Waals surface area contributed by atoms with E-state index in [2.05, 4.69) is 13.8 Å². The van der Waals surface area contributed by atoms with E-state index >= 15 is 0 Å². The summed E-state index contributed by atoms with van der Waals surface area (Å²) in [5.41, 5.74) is 6.50. The molecule has 0 aromatic rings. The largest absolute Gasteiger partial charge is 0.462 e. The van der Waals surface area contributed by atoms with Crippen molar-refractivity contribution in [1.29, 1.82) is 0 Å². The van der Waals surface area contributed by atoms with E-state index in [9.17, 15) is 4.79 Å². The van der Waals surface area contributed by atoms with Crippen LogP contribution in [0.3, 0.4) is 0 Å². The van der Waals surface area contributed by atoms with Crippen LogP contribution in [0, 0.1) is 0 Å². The zero-order valence-electron chi connectivity index (χ0n) is 11.7. The number of rotatable bonds is 8. The van der Waals surface area contributed by atoms with Gasteiger partial charge in [-0.1, -0.05) is 25.3 Å². The van der Waals surface area contributed by atoms with Gasteiger partial charge in [0.05, 0.1) is 6.61 Å². The summed E-state index contributed by atoms with van der Waals surface area (Å²) in [5.74, 6) is -0.199. The number of allylic oxidation sites excluding steroid dienone is 1. The standard InChI is InChI=1S/C14H27NO2/c1-5-12(2)13(16)17-11-9-7-6-8-10-14(3,4)15/h5H,6-11,15H2,1-4H3. The summed E-state index contributed by atoms with van der Waals surface area (Å²) in [5, 5.41) is 0. The van der Waals surface area contributed by atoms with Crippen LogP contribution < -0.4 is 5.73 Å². The van der Waals surface area contributed by atoms with E-state index in [1.54, 1.807) is 13.0 Å². The molecule has 0 aliphatic heterocycles. The van der Waals surface area contributed by atoms with Crippen LogP contribution in [-0.2, 0) is 9.53 Å².